The zero-order valence-electron chi connectivity index (χ0n) is 10.3. The maximum absolute atomic E-state index is 4.59. The molecule has 86 valence electrons. The number of hydrogen-bond acceptors (Lipinski definition) is 2. The van der Waals surface area contributed by atoms with Crippen LogP contribution < -0.4 is 5.32 Å². The van der Waals surface area contributed by atoms with E-state index in [4.69, 9.17) is 0 Å². The van der Waals surface area contributed by atoms with E-state index >= 15 is 0 Å². The van der Waals surface area contributed by atoms with E-state index < -0.39 is 0 Å². The van der Waals surface area contributed by atoms with Crippen LogP contribution in [0.5, 0.6) is 0 Å². The van der Waals surface area contributed by atoms with E-state index in [0.717, 1.165) is 16.9 Å². The number of rotatable bonds is 3. The number of benzene rings is 1. The molecule has 1 aromatic heterocycles. The van der Waals surface area contributed by atoms with Crippen LogP contribution >= 0.6 is 0 Å². The van der Waals surface area contributed by atoms with Gasteiger partial charge >= 0.3 is 0 Å². The van der Waals surface area contributed by atoms with E-state index in [2.05, 4.69) is 61.2 Å². The van der Waals surface area contributed by atoms with Gasteiger partial charge in [-0.2, -0.15) is 0 Å². The number of H-pyrrole nitrogens is 1. The minimum absolute atomic E-state index is 0.257. The number of aromatic amines is 1. The molecule has 0 saturated heterocycles. The molecular formula is C13H19N3. The van der Waals surface area contributed by atoms with Crippen molar-refractivity contribution in [3.63, 3.8) is 0 Å². The molecule has 2 rings (SSSR count). The van der Waals surface area contributed by atoms with Crippen molar-refractivity contribution in [1.82, 2.24) is 15.3 Å². The molecule has 2 aromatic rings. The molecule has 1 atom stereocenters. The van der Waals surface area contributed by atoms with Crippen LogP contribution in [0.3, 0.4) is 0 Å². The summed E-state index contributed by atoms with van der Waals surface area (Å²) in [5.74, 6) is 1.01. The minimum atomic E-state index is 0.257. The molecule has 0 saturated carbocycles. The van der Waals surface area contributed by atoms with Gasteiger partial charge in [0.25, 0.3) is 0 Å². The average molecular weight is 217 g/mol. The molecule has 3 nitrogen and oxygen atoms in total. The molecule has 0 bridgehead atoms. The fourth-order valence-corrected chi connectivity index (χ4v) is 1.93. The number of aryl methyl sites for hydroxylation is 1. The molecule has 0 radical (unpaired) electrons. The Hall–Kier alpha value is -1.35. The van der Waals surface area contributed by atoms with Gasteiger partial charge in [-0.3, -0.25) is 0 Å². The normalized spacial score (nSPS) is 13.6. The highest BCUT2D eigenvalue weighted by atomic mass is 15.0. The summed E-state index contributed by atoms with van der Waals surface area (Å²) in [7, 11) is 0. The molecule has 0 amide bonds. The van der Waals surface area contributed by atoms with E-state index in [1.165, 1.54) is 5.56 Å². The predicted molar refractivity (Wildman–Crippen MR) is 67.5 cm³/mol. The molecule has 0 fully saturated rings. The molecule has 0 aliphatic heterocycles. The van der Waals surface area contributed by atoms with E-state index in [1.807, 2.05) is 0 Å². The summed E-state index contributed by atoms with van der Waals surface area (Å²) in [4.78, 5) is 7.96. The summed E-state index contributed by atoms with van der Waals surface area (Å²) >= 11 is 0. The fourth-order valence-electron chi connectivity index (χ4n) is 1.93. The predicted octanol–water partition coefficient (Wildman–Crippen LogP) is 2.93. The summed E-state index contributed by atoms with van der Waals surface area (Å²) in [5, 5.41) is 3.44. The van der Waals surface area contributed by atoms with Crippen LogP contribution in [0.15, 0.2) is 18.2 Å². The van der Waals surface area contributed by atoms with Gasteiger partial charge in [0.05, 0.1) is 17.1 Å². The molecule has 3 heteroatoms. The Kier molecular flexibility index (Phi) is 2.97. The first kappa shape index (κ1) is 11.1. The third-order valence-corrected chi connectivity index (χ3v) is 2.65. The number of nitrogens with one attached hydrogen (secondary N) is 2. The van der Waals surface area contributed by atoms with Crippen molar-refractivity contribution in [2.45, 2.75) is 39.8 Å². The van der Waals surface area contributed by atoms with Gasteiger partial charge in [0.2, 0.25) is 0 Å². The van der Waals surface area contributed by atoms with Gasteiger partial charge in [-0.25, -0.2) is 4.98 Å². The third-order valence-electron chi connectivity index (χ3n) is 2.65. The lowest BCUT2D eigenvalue weighted by Crippen LogP contribution is -2.26. The highest BCUT2D eigenvalue weighted by molar-refractivity contribution is 5.75. The first-order chi connectivity index (χ1) is 7.56. The quantitative estimate of drug-likeness (QED) is 0.830. The second-order valence-corrected chi connectivity index (χ2v) is 4.69. The zero-order valence-corrected chi connectivity index (χ0v) is 10.3. The molecule has 16 heavy (non-hydrogen) atoms. The van der Waals surface area contributed by atoms with Crippen LogP contribution in [0, 0.1) is 6.92 Å². The topological polar surface area (TPSA) is 40.7 Å². The fraction of sp³-hybridized carbons (Fsp3) is 0.462. The Morgan fingerprint density at radius 3 is 2.69 bits per heavy atom. The van der Waals surface area contributed by atoms with Crippen LogP contribution in [-0.2, 0) is 0 Å². The van der Waals surface area contributed by atoms with Crippen molar-refractivity contribution < 1.29 is 0 Å². The van der Waals surface area contributed by atoms with E-state index in [0.29, 0.717) is 6.04 Å². The van der Waals surface area contributed by atoms with Crippen molar-refractivity contribution in [1.29, 1.82) is 0 Å². The maximum atomic E-state index is 4.59. The molecule has 1 heterocycles. The smallest absolute Gasteiger partial charge is 0.124 e. The molecule has 0 aliphatic rings. The number of nitrogens with zero attached hydrogens (tertiary/aromatic N) is 1. The maximum Gasteiger partial charge on any atom is 0.124 e. The first-order valence-corrected chi connectivity index (χ1v) is 5.78. The van der Waals surface area contributed by atoms with Crippen molar-refractivity contribution in [2.24, 2.45) is 0 Å². The van der Waals surface area contributed by atoms with Gasteiger partial charge in [-0.05, 0) is 31.5 Å². The zero-order chi connectivity index (χ0) is 11.7. The largest absolute Gasteiger partial charge is 0.341 e. The standard InChI is InChI=1S/C13H19N3/c1-8(2)14-10(4)13-15-11-6-5-9(3)7-12(11)16-13/h5-8,10,14H,1-4H3,(H,15,16)/t10-/m0/s1. The van der Waals surface area contributed by atoms with Crippen LogP contribution in [-0.4, -0.2) is 16.0 Å². The van der Waals surface area contributed by atoms with E-state index in [-0.39, 0.29) is 6.04 Å². The molecular weight excluding hydrogens is 198 g/mol. The van der Waals surface area contributed by atoms with Crippen LogP contribution in [0.25, 0.3) is 11.0 Å². The summed E-state index contributed by atoms with van der Waals surface area (Å²) in [6, 6.07) is 7.01. The number of aromatic nitrogens is 2. The van der Waals surface area contributed by atoms with Crippen molar-refractivity contribution >= 4 is 11.0 Å². The Balaban J connectivity index is 2.32. The van der Waals surface area contributed by atoms with Gasteiger partial charge in [0, 0.05) is 6.04 Å². The molecule has 0 unspecified atom stereocenters. The number of hydrogen-bond donors (Lipinski definition) is 2. The Labute approximate surface area is 96.3 Å². The number of imidazole rings is 1. The second-order valence-electron chi connectivity index (χ2n) is 4.69. The van der Waals surface area contributed by atoms with Gasteiger partial charge in [-0.15, -0.1) is 0 Å². The van der Waals surface area contributed by atoms with Gasteiger partial charge in [-0.1, -0.05) is 19.9 Å². The van der Waals surface area contributed by atoms with E-state index in [1.54, 1.807) is 0 Å². The monoisotopic (exact) mass is 217 g/mol. The lowest BCUT2D eigenvalue weighted by molar-refractivity contribution is 0.491. The SMILES string of the molecule is Cc1ccc2nc([C@H](C)NC(C)C)[nH]c2c1. The van der Waals surface area contributed by atoms with Crippen molar-refractivity contribution in [3.8, 4) is 0 Å². The summed E-state index contributed by atoms with van der Waals surface area (Å²) in [6.45, 7) is 8.51. The van der Waals surface area contributed by atoms with Crippen molar-refractivity contribution in [3.05, 3.63) is 29.6 Å². The average Bonchev–Trinajstić information content (AvgIpc) is 2.59. The minimum Gasteiger partial charge on any atom is -0.341 e. The van der Waals surface area contributed by atoms with Crippen LogP contribution in [0.2, 0.25) is 0 Å². The Morgan fingerprint density at radius 2 is 2.00 bits per heavy atom. The molecule has 2 N–H and O–H groups in total. The number of fused-ring (bicyclic) bond motifs is 1. The van der Waals surface area contributed by atoms with Gasteiger partial charge < -0.3 is 10.3 Å². The summed E-state index contributed by atoms with van der Waals surface area (Å²) in [5.41, 5.74) is 3.41. The molecule has 0 aliphatic carbocycles. The van der Waals surface area contributed by atoms with Gasteiger partial charge in [0.1, 0.15) is 5.82 Å². The second kappa shape index (κ2) is 4.26. The van der Waals surface area contributed by atoms with Crippen LogP contribution in [0.4, 0.5) is 0 Å². The highest BCUT2D eigenvalue weighted by Crippen LogP contribution is 2.17. The summed E-state index contributed by atoms with van der Waals surface area (Å²) < 4.78 is 0. The first-order valence-electron chi connectivity index (χ1n) is 5.78. The van der Waals surface area contributed by atoms with Crippen molar-refractivity contribution in [2.75, 3.05) is 0 Å². The highest BCUT2D eigenvalue weighted by Gasteiger charge is 2.11. The molecule has 0 spiro atoms. The Morgan fingerprint density at radius 1 is 1.25 bits per heavy atom. The lowest BCUT2D eigenvalue weighted by atomic mass is 10.2. The Bertz CT molecular complexity index is 485. The van der Waals surface area contributed by atoms with Crippen LogP contribution in [0.1, 0.15) is 38.2 Å². The molecule has 1 aromatic carbocycles. The lowest BCUT2D eigenvalue weighted by Gasteiger charge is -2.13. The van der Waals surface area contributed by atoms with E-state index in [9.17, 15) is 0 Å². The third kappa shape index (κ3) is 2.25. The van der Waals surface area contributed by atoms with Gasteiger partial charge in [0.15, 0.2) is 0 Å². The summed E-state index contributed by atoms with van der Waals surface area (Å²) in [6.07, 6.45) is 0.